The van der Waals surface area contributed by atoms with Crippen LogP contribution in [0.3, 0.4) is 0 Å². The molecule has 0 aromatic rings. The van der Waals surface area contributed by atoms with Crippen LogP contribution in [0.15, 0.2) is 24.3 Å². The predicted molar refractivity (Wildman–Crippen MR) is 45.4 cm³/mol. The van der Waals surface area contributed by atoms with Crippen LogP contribution in [0.5, 0.6) is 0 Å². The molecule has 1 aliphatic carbocycles. The lowest BCUT2D eigenvalue weighted by Gasteiger charge is -2.24. The largest absolute Gasteiger partial charge is 0.239 e. The SMILES string of the molecule is FC1C=CC=CC1(F)CCBr. The molecule has 11 heavy (non-hydrogen) atoms. The molecule has 0 radical (unpaired) electrons. The number of rotatable bonds is 2. The lowest BCUT2D eigenvalue weighted by Crippen LogP contribution is -2.33. The number of halogens is 3. The molecule has 0 heterocycles. The van der Waals surface area contributed by atoms with Crippen molar-refractivity contribution in [3.63, 3.8) is 0 Å². The molecule has 0 nitrogen and oxygen atoms in total. The van der Waals surface area contributed by atoms with Gasteiger partial charge in [0.25, 0.3) is 0 Å². The Hall–Kier alpha value is -0.180. The molecule has 1 rings (SSSR count). The second kappa shape index (κ2) is 3.48. The topological polar surface area (TPSA) is 0 Å². The van der Waals surface area contributed by atoms with E-state index in [4.69, 9.17) is 0 Å². The number of hydrogen-bond donors (Lipinski definition) is 0. The van der Waals surface area contributed by atoms with E-state index in [0.29, 0.717) is 5.33 Å². The van der Waals surface area contributed by atoms with E-state index in [1.54, 1.807) is 6.08 Å². The molecule has 0 saturated carbocycles. The molecule has 2 unspecified atom stereocenters. The summed E-state index contributed by atoms with van der Waals surface area (Å²) < 4.78 is 26.3. The molecule has 0 aromatic carbocycles. The number of alkyl halides is 3. The van der Waals surface area contributed by atoms with Gasteiger partial charge in [-0.3, -0.25) is 0 Å². The minimum Gasteiger partial charge on any atom is -0.239 e. The molecule has 3 heteroatoms. The van der Waals surface area contributed by atoms with Gasteiger partial charge in [0, 0.05) is 5.33 Å². The van der Waals surface area contributed by atoms with Gasteiger partial charge in [-0.1, -0.05) is 28.1 Å². The second-order valence-corrected chi connectivity index (χ2v) is 3.30. The van der Waals surface area contributed by atoms with E-state index < -0.39 is 11.8 Å². The third kappa shape index (κ3) is 1.89. The van der Waals surface area contributed by atoms with Gasteiger partial charge in [-0.05, 0) is 18.6 Å². The highest BCUT2D eigenvalue weighted by molar-refractivity contribution is 9.09. The third-order valence-electron chi connectivity index (χ3n) is 1.70. The van der Waals surface area contributed by atoms with Crippen LogP contribution in [0.2, 0.25) is 0 Å². The van der Waals surface area contributed by atoms with Crippen molar-refractivity contribution < 1.29 is 8.78 Å². The van der Waals surface area contributed by atoms with Gasteiger partial charge in [0.1, 0.15) is 0 Å². The van der Waals surface area contributed by atoms with Crippen molar-refractivity contribution in [3.05, 3.63) is 24.3 Å². The van der Waals surface area contributed by atoms with Crippen LogP contribution >= 0.6 is 15.9 Å². The first-order valence-electron chi connectivity index (χ1n) is 3.44. The fourth-order valence-corrected chi connectivity index (χ4v) is 1.60. The number of allylic oxidation sites excluding steroid dienone is 4. The zero-order valence-corrected chi connectivity index (χ0v) is 7.52. The van der Waals surface area contributed by atoms with Crippen molar-refractivity contribution in [2.75, 3.05) is 5.33 Å². The smallest absolute Gasteiger partial charge is 0.164 e. The summed E-state index contributed by atoms with van der Waals surface area (Å²) >= 11 is 3.08. The molecule has 0 fully saturated rings. The lowest BCUT2D eigenvalue weighted by atomic mass is 9.93. The summed E-state index contributed by atoms with van der Waals surface area (Å²) in [6, 6.07) is 0. The minimum absolute atomic E-state index is 0.176. The van der Waals surface area contributed by atoms with E-state index in [1.807, 2.05) is 0 Å². The molecule has 2 atom stereocenters. The average Bonchev–Trinajstić information content (AvgIpc) is 1.96. The fraction of sp³-hybridized carbons (Fsp3) is 0.500. The van der Waals surface area contributed by atoms with Gasteiger partial charge < -0.3 is 0 Å². The maximum absolute atomic E-state index is 13.4. The lowest BCUT2D eigenvalue weighted by molar-refractivity contribution is 0.122. The molecule has 0 aliphatic heterocycles. The van der Waals surface area contributed by atoms with E-state index in [1.165, 1.54) is 18.2 Å². The van der Waals surface area contributed by atoms with Crippen LogP contribution in [0.25, 0.3) is 0 Å². The van der Waals surface area contributed by atoms with E-state index >= 15 is 0 Å². The third-order valence-corrected chi connectivity index (χ3v) is 2.10. The Labute approximate surface area is 73.1 Å². The van der Waals surface area contributed by atoms with Crippen molar-refractivity contribution in [1.82, 2.24) is 0 Å². The van der Waals surface area contributed by atoms with Crippen LogP contribution in [-0.2, 0) is 0 Å². The summed E-state index contributed by atoms with van der Waals surface area (Å²) in [5.74, 6) is 0. The highest BCUT2D eigenvalue weighted by atomic mass is 79.9. The van der Waals surface area contributed by atoms with Crippen molar-refractivity contribution >= 4 is 15.9 Å². The zero-order chi connectivity index (χ0) is 8.32. The second-order valence-electron chi connectivity index (χ2n) is 2.51. The Morgan fingerprint density at radius 3 is 2.73 bits per heavy atom. The Balaban J connectivity index is 2.68. The molecule has 62 valence electrons. The van der Waals surface area contributed by atoms with Gasteiger partial charge in [-0.25, -0.2) is 8.78 Å². The summed E-state index contributed by atoms with van der Waals surface area (Å²) in [5, 5.41) is 0.474. The van der Waals surface area contributed by atoms with Gasteiger partial charge in [-0.2, -0.15) is 0 Å². The maximum atomic E-state index is 13.4. The molecule has 0 amide bonds. The molecule has 1 aliphatic rings. The Kier molecular flexibility index (Phi) is 2.82. The quantitative estimate of drug-likeness (QED) is 0.631. The van der Waals surface area contributed by atoms with E-state index in [9.17, 15) is 8.78 Å². The molecule has 0 bridgehead atoms. The minimum atomic E-state index is -1.79. The normalized spacial score (nSPS) is 36.1. The molecule has 0 aromatic heterocycles. The Morgan fingerprint density at radius 2 is 2.18 bits per heavy atom. The Morgan fingerprint density at radius 1 is 1.45 bits per heavy atom. The fourth-order valence-electron chi connectivity index (χ4n) is 0.995. The standard InChI is InChI=1S/C8H9BrF2/c9-6-5-8(11)4-2-1-3-7(8)10/h1-4,7H,5-6H2. The summed E-state index contributed by atoms with van der Waals surface area (Å²) in [6.07, 6.45) is 4.26. The summed E-state index contributed by atoms with van der Waals surface area (Å²) in [7, 11) is 0. The average molecular weight is 223 g/mol. The number of hydrogen-bond acceptors (Lipinski definition) is 0. The maximum Gasteiger partial charge on any atom is 0.164 e. The van der Waals surface area contributed by atoms with Gasteiger partial charge in [0.2, 0.25) is 0 Å². The molecular weight excluding hydrogens is 214 g/mol. The van der Waals surface area contributed by atoms with E-state index in [-0.39, 0.29) is 6.42 Å². The van der Waals surface area contributed by atoms with Crippen LogP contribution in [0.1, 0.15) is 6.42 Å². The monoisotopic (exact) mass is 222 g/mol. The molecule has 0 spiro atoms. The van der Waals surface area contributed by atoms with Crippen LogP contribution in [0.4, 0.5) is 8.78 Å². The first-order valence-corrected chi connectivity index (χ1v) is 4.56. The van der Waals surface area contributed by atoms with E-state index in [0.717, 1.165) is 0 Å². The summed E-state index contributed by atoms with van der Waals surface area (Å²) in [6.45, 7) is 0. The van der Waals surface area contributed by atoms with Crippen LogP contribution < -0.4 is 0 Å². The molecule has 0 saturated heterocycles. The molecular formula is C8H9BrF2. The summed E-state index contributed by atoms with van der Waals surface area (Å²) in [4.78, 5) is 0. The van der Waals surface area contributed by atoms with Gasteiger partial charge in [-0.15, -0.1) is 0 Å². The predicted octanol–water partition coefficient (Wildman–Crippen LogP) is 2.94. The Bertz CT molecular complexity index is 189. The van der Waals surface area contributed by atoms with Gasteiger partial charge in [0.15, 0.2) is 11.8 Å². The first-order chi connectivity index (χ1) is 5.19. The van der Waals surface area contributed by atoms with Crippen molar-refractivity contribution in [2.45, 2.75) is 18.3 Å². The van der Waals surface area contributed by atoms with Crippen molar-refractivity contribution in [1.29, 1.82) is 0 Å². The zero-order valence-electron chi connectivity index (χ0n) is 5.93. The van der Waals surface area contributed by atoms with Crippen LogP contribution in [0, 0.1) is 0 Å². The van der Waals surface area contributed by atoms with Gasteiger partial charge >= 0.3 is 0 Å². The summed E-state index contributed by atoms with van der Waals surface area (Å²) in [5.41, 5.74) is -1.79. The molecule has 0 N–H and O–H groups in total. The first kappa shape index (κ1) is 8.91. The highest BCUT2D eigenvalue weighted by Crippen LogP contribution is 2.29. The van der Waals surface area contributed by atoms with Gasteiger partial charge in [0.05, 0.1) is 0 Å². The van der Waals surface area contributed by atoms with Crippen molar-refractivity contribution in [2.24, 2.45) is 0 Å². The van der Waals surface area contributed by atoms with Crippen LogP contribution in [-0.4, -0.2) is 17.2 Å². The van der Waals surface area contributed by atoms with Crippen molar-refractivity contribution in [3.8, 4) is 0 Å². The van der Waals surface area contributed by atoms with E-state index in [2.05, 4.69) is 15.9 Å². The highest BCUT2D eigenvalue weighted by Gasteiger charge is 2.35.